The first-order valence-electron chi connectivity index (χ1n) is 7.63. The van der Waals surface area contributed by atoms with Gasteiger partial charge in [0.25, 0.3) is 5.91 Å². The molecule has 3 rings (SSSR count). The van der Waals surface area contributed by atoms with Gasteiger partial charge in [-0.2, -0.15) is 0 Å². The highest BCUT2D eigenvalue weighted by molar-refractivity contribution is 5.92. The van der Waals surface area contributed by atoms with Crippen molar-refractivity contribution < 1.29 is 18.8 Å². The molecule has 3 heterocycles. The third-order valence-electron chi connectivity index (χ3n) is 3.95. The second-order valence-electron chi connectivity index (χ2n) is 5.55. The number of rotatable bonds is 4. The van der Waals surface area contributed by atoms with E-state index >= 15 is 0 Å². The van der Waals surface area contributed by atoms with Gasteiger partial charge < -0.3 is 24.6 Å². The van der Waals surface area contributed by atoms with E-state index in [1.165, 1.54) is 0 Å². The Labute approximate surface area is 129 Å². The maximum absolute atomic E-state index is 12.4. The van der Waals surface area contributed by atoms with Gasteiger partial charge in [0.15, 0.2) is 11.5 Å². The van der Waals surface area contributed by atoms with Gasteiger partial charge in [-0.3, -0.25) is 9.69 Å². The number of nitrogens with zero attached hydrogens (tertiary/aromatic N) is 3. The van der Waals surface area contributed by atoms with Gasteiger partial charge in [-0.1, -0.05) is 5.16 Å². The van der Waals surface area contributed by atoms with Crippen LogP contribution in [0.25, 0.3) is 0 Å². The Hall–Kier alpha value is -1.48. The van der Waals surface area contributed by atoms with Crippen molar-refractivity contribution in [1.82, 2.24) is 15.0 Å². The number of aromatic nitrogens is 1. The number of hydrogen-bond acceptors (Lipinski definition) is 7. The van der Waals surface area contributed by atoms with Gasteiger partial charge in [0.2, 0.25) is 0 Å². The van der Waals surface area contributed by atoms with E-state index in [-0.39, 0.29) is 12.0 Å². The molecule has 1 aromatic heterocycles. The number of morpholine rings is 2. The molecule has 1 amide bonds. The smallest absolute Gasteiger partial charge is 0.276 e. The van der Waals surface area contributed by atoms with Crippen LogP contribution in [0.15, 0.2) is 10.6 Å². The predicted molar refractivity (Wildman–Crippen MR) is 77.3 cm³/mol. The highest BCUT2D eigenvalue weighted by Gasteiger charge is 2.26. The fraction of sp³-hybridized carbons (Fsp3) is 0.714. The summed E-state index contributed by atoms with van der Waals surface area (Å²) in [7, 11) is 0. The average Bonchev–Trinajstić information content (AvgIpc) is 3.03. The summed E-state index contributed by atoms with van der Waals surface area (Å²) in [6.45, 7) is 5.82. The minimum absolute atomic E-state index is 0.0996. The molecule has 1 atom stereocenters. The quantitative estimate of drug-likeness (QED) is 0.786. The molecular formula is C14H22N4O4. The summed E-state index contributed by atoms with van der Waals surface area (Å²) < 4.78 is 16.1. The molecular weight excluding hydrogens is 288 g/mol. The molecule has 0 saturated carbocycles. The van der Waals surface area contributed by atoms with Crippen LogP contribution in [0.3, 0.4) is 0 Å². The zero-order valence-corrected chi connectivity index (χ0v) is 12.6. The molecule has 0 spiro atoms. The molecule has 8 heteroatoms. The molecule has 0 radical (unpaired) electrons. The summed E-state index contributed by atoms with van der Waals surface area (Å²) >= 11 is 0. The Bertz CT molecular complexity index is 501. The molecule has 0 aromatic carbocycles. The maximum atomic E-state index is 12.4. The van der Waals surface area contributed by atoms with E-state index in [9.17, 15) is 4.79 Å². The van der Waals surface area contributed by atoms with E-state index in [0.717, 1.165) is 26.3 Å². The van der Waals surface area contributed by atoms with Crippen molar-refractivity contribution in [3.63, 3.8) is 0 Å². The monoisotopic (exact) mass is 310 g/mol. The highest BCUT2D eigenvalue weighted by Crippen LogP contribution is 2.13. The average molecular weight is 310 g/mol. The Morgan fingerprint density at radius 1 is 1.32 bits per heavy atom. The van der Waals surface area contributed by atoms with Crippen LogP contribution in [0.5, 0.6) is 0 Å². The Morgan fingerprint density at radius 3 is 2.91 bits per heavy atom. The number of ether oxygens (including phenoxy) is 2. The fourth-order valence-electron chi connectivity index (χ4n) is 2.68. The summed E-state index contributed by atoms with van der Waals surface area (Å²) in [5.74, 6) is 0.576. The van der Waals surface area contributed by atoms with Crippen molar-refractivity contribution in [2.24, 2.45) is 5.73 Å². The van der Waals surface area contributed by atoms with Gasteiger partial charge in [-0.05, 0) is 0 Å². The van der Waals surface area contributed by atoms with E-state index in [0.29, 0.717) is 44.2 Å². The lowest BCUT2D eigenvalue weighted by Crippen LogP contribution is -2.48. The Morgan fingerprint density at radius 2 is 2.14 bits per heavy atom. The SMILES string of the molecule is NC[C@@H]1CN(C(=O)c2cc(CN3CCOCC3)on2)CCO1. The number of amides is 1. The van der Waals surface area contributed by atoms with Crippen molar-refractivity contribution in [1.29, 1.82) is 0 Å². The molecule has 1 aromatic rings. The van der Waals surface area contributed by atoms with E-state index in [4.69, 9.17) is 19.7 Å². The van der Waals surface area contributed by atoms with Crippen LogP contribution in [0.2, 0.25) is 0 Å². The lowest BCUT2D eigenvalue weighted by Gasteiger charge is -2.31. The van der Waals surface area contributed by atoms with Gasteiger partial charge in [-0.25, -0.2) is 0 Å². The van der Waals surface area contributed by atoms with Crippen molar-refractivity contribution >= 4 is 5.91 Å². The fourth-order valence-corrected chi connectivity index (χ4v) is 2.68. The third-order valence-corrected chi connectivity index (χ3v) is 3.95. The van der Waals surface area contributed by atoms with Crippen LogP contribution in [-0.4, -0.2) is 79.5 Å². The topological polar surface area (TPSA) is 94.1 Å². The molecule has 0 bridgehead atoms. The summed E-state index contributed by atoms with van der Waals surface area (Å²) in [4.78, 5) is 16.4. The predicted octanol–water partition coefficient (Wildman–Crippen LogP) is -0.693. The van der Waals surface area contributed by atoms with Crippen LogP contribution < -0.4 is 5.73 Å². The van der Waals surface area contributed by atoms with Crippen LogP contribution >= 0.6 is 0 Å². The molecule has 8 nitrogen and oxygen atoms in total. The lowest BCUT2D eigenvalue weighted by molar-refractivity contribution is -0.0170. The standard InChI is InChI=1S/C14H22N4O4/c15-8-12-10-18(3-6-21-12)14(19)13-7-11(22-16-13)9-17-1-4-20-5-2-17/h7,12H,1-6,8-10,15H2/t12-/m1/s1. The molecule has 2 aliphatic heterocycles. The van der Waals surface area contributed by atoms with Crippen LogP contribution in [-0.2, 0) is 16.0 Å². The largest absolute Gasteiger partial charge is 0.379 e. The number of carbonyl (C=O) groups is 1. The molecule has 2 N–H and O–H groups in total. The second kappa shape index (κ2) is 7.19. The first kappa shape index (κ1) is 15.4. The molecule has 22 heavy (non-hydrogen) atoms. The molecule has 122 valence electrons. The third kappa shape index (κ3) is 3.64. The van der Waals surface area contributed by atoms with Gasteiger partial charge in [0.05, 0.1) is 32.5 Å². The van der Waals surface area contributed by atoms with Crippen molar-refractivity contribution in [2.75, 3.05) is 52.5 Å². The Balaban J connectivity index is 1.58. The van der Waals surface area contributed by atoms with E-state index in [1.54, 1.807) is 11.0 Å². The molecule has 0 unspecified atom stereocenters. The second-order valence-corrected chi connectivity index (χ2v) is 5.55. The minimum atomic E-state index is -0.126. The van der Waals surface area contributed by atoms with Crippen molar-refractivity contribution in [3.05, 3.63) is 17.5 Å². The number of carbonyl (C=O) groups excluding carboxylic acids is 1. The normalized spacial score (nSPS) is 23.7. The van der Waals surface area contributed by atoms with Crippen LogP contribution in [0.1, 0.15) is 16.2 Å². The minimum Gasteiger partial charge on any atom is -0.379 e. The first-order chi connectivity index (χ1) is 10.8. The first-order valence-corrected chi connectivity index (χ1v) is 7.63. The number of hydrogen-bond donors (Lipinski definition) is 1. The van der Waals surface area contributed by atoms with Gasteiger partial charge in [0, 0.05) is 38.8 Å². The van der Waals surface area contributed by atoms with Gasteiger partial charge in [-0.15, -0.1) is 0 Å². The molecule has 2 aliphatic rings. The van der Waals surface area contributed by atoms with Gasteiger partial charge in [0.1, 0.15) is 0 Å². The van der Waals surface area contributed by atoms with Crippen molar-refractivity contribution in [3.8, 4) is 0 Å². The molecule has 2 saturated heterocycles. The zero-order valence-electron chi connectivity index (χ0n) is 12.6. The summed E-state index contributed by atoms with van der Waals surface area (Å²) in [6.07, 6.45) is -0.0996. The van der Waals surface area contributed by atoms with E-state index in [2.05, 4.69) is 10.1 Å². The lowest BCUT2D eigenvalue weighted by atomic mass is 10.2. The van der Waals surface area contributed by atoms with E-state index < -0.39 is 0 Å². The van der Waals surface area contributed by atoms with Gasteiger partial charge >= 0.3 is 0 Å². The summed E-state index contributed by atoms with van der Waals surface area (Å²) in [5.41, 5.74) is 5.95. The zero-order chi connectivity index (χ0) is 15.4. The number of nitrogens with two attached hydrogens (primary N) is 1. The maximum Gasteiger partial charge on any atom is 0.276 e. The molecule has 2 fully saturated rings. The van der Waals surface area contributed by atoms with Crippen LogP contribution in [0, 0.1) is 0 Å². The highest BCUT2D eigenvalue weighted by atomic mass is 16.5. The summed E-state index contributed by atoms with van der Waals surface area (Å²) in [6, 6.07) is 1.73. The Kier molecular flexibility index (Phi) is 5.04. The van der Waals surface area contributed by atoms with E-state index in [1.807, 2.05) is 0 Å². The van der Waals surface area contributed by atoms with Crippen molar-refractivity contribution in [2.45, 2.75) is 12.6 Å². The van der Waals surface area contributed by atoms with Crippen LogP contribution in [0.4, 0.5) is 0 Å². The summed E-state index contributed by atoms with van der Waals surface area (Å²) in [5, 5.41) is 3.91. The molecule has 0 aliphatic carbocycles.